The number of aromatic amines is 1. The summed E-state index contributed by atoms with van der Waals surface area (Å²) in [7, 11) is 0. The smallest absolute Gasteiger partial charge is 0.133 e. The summed E-state index contributed by atoms with van der Waals surface area (Å²) in [6.07, 6.45) is 4.53. The second-order valence-corrected chi connectivity index (χ2v) is 6.79. The molecule has 106 valence electrons. The number of fused-ring (bicyclic) bond motifs is 1. The first-order chi connectivity index (χ1) is 9.48. The number of benzene rings is 1. The lowest BCUT2D eigenvalue weighted by molar-refractivity contribution is -0.120. The Hall–Kier alpha value is -1.61. The number of nitrogens with one attached hydrogen (secondary N) is 1. The van der Waals surface area contributed by atoms with E-state index < -0.39 is 11.5 Å². The average Bonchev–Trinajstić information content (AvgIpc) is 2.83. The monoisotopic (exact) mass is 271 g/mol. The van der Waals surface area contributed by atoms with Gasteiger partial charge in [0.15, 0.2) is 0 Å². The number of aromatic nitrogens is 1. The first-order valence-corrected chi connectivity index (χ1v) is 7.19. The predicted octanol–water partition coefficient (Wildman–Crippen LogP) is 3.18. The van der Waals surface area contributed by atoms with Crippen molar-refractivity contribution in [3.63, 3.8) is 0 Å². The van der Waals surface area contributed by atoms with Crippen molar-refractivity contribution in [2.24, 2.45) is 5.41 Å². The lowest BCUT2D eigenvalue weighted by Gasteiger charge is -2.44. The van der Waals surface area contributed by atoms with Crippen LogP contribution in [0.3, 0.4) is 0 Å². The molecule has 1 aromatic carbocycles. The van der Waals surface area contributed by atoms with Crippen LogP contribution in [-0.4, -0.2) is 22.5 Å². The number of rotatable bonds is 2. The lowest BCUT2D eigenvalue weighted by Crippen LogP contribution is -2.48. The van der Waals surface area contributed by atoms with Crippen LogP contribution in [-0.2, 0) is 10.2 Å². The molecule has 0 aliphatic heterocycles. The van der Waals surface area contributed by atoms with Crippen molar-refractivity contribution in [2.75, 3.05) is 0 Å². The van der Waals surface area contributed by atoms with Crippen molar-refractivity contribution < 1.29 is 9.90 Å². The molecule has 2 atom stereocenters. The Morgan fingerprint density at radius 3 is 2.75 bits per heavy atom. The molecule has 0 saturated heterocycles. The van der Waals surface area contributed by atoms with Crippen LogP contribution in [0.15, 0.2) is 30.5 Å². The molecule has 1 aromatic heterocycles. The molecule has 1 saturated carbocycles. The Morgan fingerprint density at radius 2 is 2.05 bits per heavy atom. The van der Waals surface area contributed by atoms with Gasteiger partial charge in [-0.25, -0.2) is 0 Å². The van der Waals surface area contributed by atoms with E-state index in [-0.39, 0.29) is 5.41 Å². The van der Waals surface area contributed by atoms with E-state index in [1.54, 1.807) is 0 Å². The number of aliphatic hydroxyl groups is 1. The summed E-state index contributed by atoms with van der Waals surface area (Å²) in [6.45, 7) is 4.31. The zero-order valence-electron chi connectivity index (χ0n) is 12.0. The molecular formula is C17H21NO2. The molecule has 2 unspecified atom stereocenters. The molecule has 1 heterocycles. The lowest BCUT2D eigenvalue weighted by atomic mass is 9.61. The van der Waals surface area contributed by atoms with Crippen molar-refractivity contribution in [1.82, 2.24) is 4.98 Å². The van der Waals surface area contributed by atoms with Gasteiger partial charge in [-0.1, -0.05) is 32.0 Å². The second-order valence-electron chi connectivity index (χ2n) is 6.79. The summed E-state index contributed by atoms with van der Waals surface area (Å²) in [4.78, 5) is 15.1. The highest BCUT2D eigenvalue weighted by Gasteiger charge is 2.47. The van der Waals surface area contributed by atoms with Crippen molar-refractivity contribution in [2.45, 2.75) is 44.6 Å². The van der Waals surface area contributed by atoms with Crippen LogP contribution in [0.2, 0.25) is 0 Å². The Morgan fingerprint density at radius 1 is 1.30 bits per heavy atom. The molecule has 1 fully saturated rings. The zero-order valence-corrected chi connectivity index (χ0v) is 12.0. The SMILES string of the molecule is CC1(C)CCC(C=O)(c2c[nH]c3ccccc23)C(O)C1. The van der Waals surface area contributed by atoms with Gasteiger partial charge in [-0.15, -0.1) is 0 Å². The summed E-state index contributed by atoms with van der Waals surface area (Å²) < 4.78 is 0. The van der Waals surface area contributed by atoms with E-state index in [4.69, 9.17) is 0 Å². The minimum absolute atomic E-state index is 0.0953. The molecule has 1 aliphatic carbocycles. The fourth-order valence-electron chi connectivity index (χ4n) is 3.49. The maximum Gasteiger partial charge on any atom is 0.133 e. The molecule has 0 radical (unpaired) electrons. The van der Waals surface area contributed by atoms with E-state index in [0.29, 0.717) is 12.8 Å². The van der Waals surface area contributed by atoms with Gasteiger partial charge >= 0.3 is 0 Å². The molecule has 3 nitrogen and oxygen atoms in total. The first kappa shape index (κ1) is 13.4. The summed E-state index contributed by atoms with van der Waals surface area (Å²) in [5, 5.41) is 11.7. The van der Waals surface area contributed by atoms with Gasteiger partial charge < -0.3 is 14.9 Å². The number of aliphatic hydroxyl groups excluding tert-OH is 1. The van der Waals surface area contributed by atoms with Crippen molar-refractivity contribution >= 4 is 17.2 Å². The van der Waals surface area contributed by atoms with Crippen LogP contribution in [0, 0.1) is 5.41 Å². The van der Waals surface area contributed by atoms with Gasteiger partial charge in [0.25, 0.3) is 0 Å². The van der Waals surface area contributed by atoms with Gasteiger partial charge in [0.1, 0.15) is 6.29 Å². The van der Waals surface area contributed by atoms with Gasteiger partial charge in [0, 0.05) is 17.1 Å². The molecular weight excluding hydrogens is 250 g/mol. The third-order valence-corrected chi connectivity index (χ3v) is 4.86. The zero-order chi connectivity index (χ0) is 14.4. The Labute approximate surface area is 119 Å². The van der Waals surface area contributed by atoms with Crippen molar-refractivity contribution in [3.05, 3.63) is 36.0 Å². The van der Waals surface area contributed by atoms with Gasteiger partial charge in [-0.05, 0) is 36.3 Å². The number of aldehydes is 1. The molecule has 3 heteroatoms. The quantitative estimate of drug-likeness (QED) is 0.824. The van der Waals surface area contributed by atoms with E-state index in [2.05, 4.69) is 18.8 Å². The molecule has 2 aromatic rings. The van der Waals surface area contributed by atoms with Gasteiger partial charge in [-0.2, -0.15) is 0 Å². The number of carbonyl (C=O) groups excluding carboxylic acids is 1. The third kappa shape index (κ3) is 1.88. The van der Waals surface area contributed by atoms with Gasteiger partial charge in [0.2, 0.25) is 0 Å². The molecule has 0 bridgehead atoms. The van der Waals surface area contributed by atoms with Crippen molar-refractivity contribution in [3.8, 4) is 0 Å². The van der Waals surface area contributed by atoms with E-state index in [0.717, 1.165) is 29.2 Å². The first-order valence-electron chi connectivity index (χ1n) is 7.19. The Bertz CT molecular complexity index is 643. The van der Waals surface area contributed by atoms with Gasteiger partial charge in [-0.3, -0.25) is 0 Å². The standard InChI is InChI=1S/C17H21NO2/c1-16(2)7-8-17(11-19,15(20)9-16)13-10-18-14-6-4-3-5-12(13)14/h3-6,10-11,15,18,20H,7-9H2,1-2H3. The van der Waals surface area contributed by atoms with Crippen LogP contribution >= 0.6 is 0 Å². The fourth-order valence-corrected chi connectivity index (χ4v) is 3.49. The number of hydrogen-bond acceptors (Lipinski definition) is 2. The summed E-state index contributed by atoms with van der Waals surface area (Å²) in [5.74, 6) is 0. The molecule has 20 heavy (non-hydrogen) atoms. The number of hydrogen-bond donors (Lipinski definition) is 2. The molecule has 0 amide bonds. The fraction of sp³-hybridized carbons (Fsp3) is 0.471. The molecule has 1 aliphatic rings. The maximum atomic E-state index is 11.9. The summed E-state index contributed by atoms with van der Waals surface area (Å²) >= 11 is 0. The largest absolute Gasteiger partial charge is 0.392 e. The number of carbonyl (C=O) groups is 1. The van der Waals surface area contributed by atoms with Crippen LogP contribution in [0.1, 0.15) is 38.7 Å². The minimum atomic E-state index is -0.769. The molecule has 0 spiro atoms. The second kappa shape index (κ2) is 4.45. The number of H-pyrrole nitrogens is 1. The van der Waals surface area contributed by atoms with E-state index in [1.807, 2.05) is 30.5 Å². The Balaban J connectivity index is 2.12. The highest BCUT2D eigenvalue weighted by Crippen LogP contribution is 2.47. The van der Waals surface area contributed by atoms with E-state index in [1.165, 1.54) is 0 Å². The van der Waals surface area contributed by atoms with E-state index >= 15 is 0 Å². The molecule has 2 N–H and O–H groups in total. The normalized spacial score (nSPS) is 29.4. The third-order valence-electron chi connectivity index (χ3n) is 4.86. The highest BCUT2D eigenvalue weighted by molar-refractivity contribution is 5.89. The van der Waals surface area contributed by atoms with E-state index in [9.17, 15) is 9.90 Å². The van der Waals surface area contributed by atoms with Crippen molar-refractivity contribution in [1.29, 1.82) is 0 Å². The maximum absolute atomic E-state index is 11.9. The predicted molar refractivity (Wildman–Crippen MR) is 79.7 cm³/mol. The van der Waals surface area contributed by atoms with Crippen LogP contribution in [0.4, 0.5) is 0 Å². The minimum Gasteiger partial charge on any atom is -0.392 e. The van der Waals surface area contributed by atoms with Crippen LogP contribution in [0.5, 0.6) is 0 Å². The summed E-state index contributed by atoms with van der Waals surface area (Å²) in [6, 6.07) is 7.95. The summed E-state index contributed by atoms with van der Waals surface area (Å²) in [5.41, 5.74) is 1.28. The topological polar surface area (TPSA) is 53.1 Å². The average molecular weight is 271 g/mol. The van der Waals surface area contributed by atoms with Crippen LogP contribution < -0.4 is 0 Å². The van der Waals surface area contributed by atoms with Crippen LogP contribution in [0.25, 0.3) is 10.9 Å². The molecule has 3 rings (SSSR count). The highest BCUT2D eigenvalue weighted by atomic mass is 16.3. The number of para-hydroxylation sites is 1. The van der Waals surface area contributed by atoms with Gasteiger partial charge in [0.05, 0.1) is 11.5 Å². The Kier molecular flexibility index (Phi) is 2.98.